The predicted octanol–water partition coefficient (Wildman–Crippen LogP) is 5.36. The summed E-state index contributed by atoms with van der Waals surface area (Å²) in [5.41, 5.74) is 4.71. The molecule has 2 heterocycles. The van der Waals surface area contributed by atoms with Crippen LogP contribution in [0.15, 0.2) is 53.7 Å². The molecule has 168 valence electrons. The molecule has 1 amide bonds. The molecule has 2 unspecified atom stereocenters. The maximum Gasteiger partial charge on any atom is 0.233 e. The third-order valence-electron chi connectivity index (χ3n) is 6.46. The van der Waals surface area contributed by atoms with Gasteiger partial charge >= 0.3 is 0 Å². The largest absolute Gasteiger partial charge is 0.337 e. The molecule has 0 aliphatic carbocycles. The standard InChI is InChI=1S/C26H32N4OS/c1-18-13-14-23(15-19(18)2)30-24(16-22-11-6-5-7-12-22)27-28-26(30)32-17-25(31)29-20(3)9-8-10-21(29)4/h5-7,11-15,20-21H,8-10,16-17H2,1-4H3. The molecule has 3 aromatic rings. The van der Waals surface area contributed by atoms with Crippen LogP contribution in [0.3, 0.4) is 0 Å². The summed E-state index contributed by atoms with van der Waals surface area (Å²) in [6.07, 6.45) is 4.06. The quantitative estimate of drug-likeness (QED) is 0.477. The van der Waals surface area contributed by atoms with Crippen molar-refractivity contribution in [3.8, 4) is 5.69 Å². The van der Waals surface area contributed by atoms with Crippen LogP contribution in [0.2, 0.25) is 0 Å². The number of hydrogen-bond donors (Lipinski definition) is 0. The van der Waals surface area contributed by atoms with Crippen molar-refractivity contribution in [2.75, 3.05) is 5.75 Å². The fraction of sp³-hybridized carbons (Fsp3) is 0.423. The number of carbonyl (C=O) groups is 1. The Kier molecular flexibility index (Phi) is 6.99. The highest BCUT2D eigenvalue weighted by Gasteiger charge is 2.29. The van der Waals surface area contributed by atoms with E-state index in [1.165, 1.54) is 34.9 Å². The van der Waals surface area contributed by atoms with Gasteiger partial charge in [0.05, 0.1) is 5.75 Å². The molecule has 1 aliphatic rings. The third-order valence-corrected chi connectivity index (χ3v) is 7.37. The molecule has 5 nitrogen and oxygen atoms in total. The van der Waals surface area contributed by atoms with Crippen molar-refractivity contribution < 1.29 is 4.79 Å². The maximum atomic E-state index is 13.1. The summed E-state index contributed by atoms with van der Waals surface area (Å²) in [7, 11) is 0. The van der Waals surface area contributed by atoms with Gasteiger partial charge in [-0.25, -0.2) is 0 Å². The van der Waals surface area contributed by atoms with Crippen LogP contribution in [-0.2, 0) is 11.2 Å². The second-order valence-corrected chi connectivity index (χ2v) is 9.83. The molecule has 0 radical (unpaired) electrons. The molecule has 0 saturated carbocycles. The Morgan fingerprint density at radius 1 is 1.00 bits per heavy atom. The molecule has 4 rings (SSSR count). The second-order valence-electron chi connectivity index (χ2n) is 8.88. The number of likely N-dealkylation sites (tertiary alicyclic amines) is 1. The molecular formula is C26H32N4OS. The summed E-state index contributed by atoms with van der Waals surface area (Å²) in [6.45, 7) is 8.56. The number of thioether (sulfide) groups is 1. The molecule has 1 aromatic heterocycles. The van der Waals surface area contributed by atoms with Gasteiger partial charge in [-0.3, -0.25) is 9.36 Å². The Hall–Kier alpha value is -2.60. The molecule has 32 heavy (non-hydrogen) atoms. The Morgan fingerprint density at radius 3 is 2.41 bits per heavy atom. The predicted molar refractivity (Wildman–Crippen MR) is 130 cm³/mol. The number of aryl methyl sites for hydroxylation is 2. The van der Waals surface area contributed by atoms with Crippen LogP contribution in [-0.4, -0.2) is 43.4 Å². The third kappa shape index (κ3) is 4.90. The van der Waals surface area contributed by atoms with Crippen molar-refractivity contribution in [3.63, 3.8) is 0 Å². The van der Waals surface area contributed by atoms with Crippen molar-refractivity contribution in [2.24, 2.45) is 0 Å². The normalized spacial score (nSPS) is 18.7. The molecule has 2 atom stereocenters. The summed E-state index contributed by atoms with van der Waals surface area (Å²) in [5, 5.41) is 9.80. The molecule has 0 bridgehead atoms. The van der Waals surface area contributed by atoms with E-state index >= 15 is 0 Å². The number of benzene rings is 2. The summed E-state index contributed by atoms with van der Waals surface area (Å²) in [6, 6.07) is 17.3. The van der Waals surface area contributed by atoms with E-state index in [0.29, 0.717) is 24.3 Å². The monoisotopic (exact) mass is 448 g/mol. The van der Waals surface area contributed by atoms with Gasteiger partial charge in [-0.15, -0.1) is 10.2 Å². The first kappa shape index (κ1) is 22.6. The van der Waals surface area contributed by atoms with Crippen LogP contribution in [0.4, 0.5) is 0 Å². The molecule has 0 spiro atoms. The second kappa shape index (κ2) is 9.90. The van der Waals surface area contributed by atoms with Gasteiger partial charge in [-0.05, 0) is 75.8 Å². The van der Waals surface area contributed by atoms with E-state index in [2.05, 4.69) is 77.7 Å². The van der Waals surface area contributed by atoms with E-state index in [1.54, 1.807) is 0 Å². The van der Waals surface area contributed by atoms with Crippen LogP contribution < -0.4 is 0 Å². The number of piperidine rings is 1. The van der Waals surface area contributed by atoms with Crippen LogP contribution in [0.25, 0.3) is 5.69 Å². The average Bonchev–Trinajstić information content (AvgIpc) is 3.17. The molecule has 0 N–H and O–H groups in total. The lowest BCUT2D eigenvalue weighted by Gasteiger charge is -2.39. The van der Waals surface area contributed by atoms with E-state index in [4.69, 9.17) is 0 Å². The number of aromatic nitrogens is 3. The minimum Gasteiger partial charge on any atom is -0.337 e. The summed E-state index contributed by atoms with van der Waals surface area (Å²) < 4.78 is 2.11. The van der Waals surface area contributed by atoms with Crippen LogP contribution >= 0.6 is 11.8 Å². The average molecular weight is 449 g/mol. The fourth-order valence-electron chi connectivity index (χ4n) is 4.52. The minimum absolute atomic E-state index is 0.189. The summed E-state index contributed by atoms with van der Waals surface area (Å²) in [5.74, 6) is 1.45. The Balaban J connectivity index is 1.61. The number of hydrogen-bond acceptors (Lipinski definition) is 4. The molecule has 2 aromatic carbocycles. The lowest BCUT2D eigenvalue weighted by Crippen LogP contribution is -2.48. The fourth-order valence-corrected chi connectivity index (χ4v) is 5.36. The van der Waals surface area contributed by atoms with E-state index < -0.39 is 0 Å². The Morgan fingerprint density at radius 2 is 1.72 bits per heavy atom. The highest BCUT2D eigenvalue weighted by atomic mass is 32.2. The molecule has 1 fully saturated rings. The lowest BCUT2D eigenvalue weighted by molar-refractivity contribution is -0.134. The van der Waals surface area contributed by atoms with Gasteiger partial charge in [0, 0.05) is 24.2 Å². The highest BCUT2D eigenvalue weighted by Crippen LogP contribution is 2.28. The van der Waals surface area contributed by atoms with Crippen LogP contribution in [0, 0.1) is 13.8 Å². The van der Waals surface area contributed by atoms with E-state index in [9.17, 15) is 4.79 Å². The molecule has 6 heteroatoms. The van der Waals surface area contributed by atoms with E-state index in [-0.39, 0.29) is 5.91 Å². The van der Waals surface area contributed by atoms with Crippen LogP contribution in [0.1, 0.15) is 55.6 Å². The number of rotatable bonds is 6. The number of amides is 1. The number of nitrogens with zero attached hydrogens (tertiary/aromatic N) is 4. The molecule has 1 aliphatic heterocycles. The topological polar surface area (TPSA) is 51.0 Å². The van der Waals surface area contributed by atoms with Gasteiger partial charge in [0.2, 0.25) is 5.91 Å². The van der Waals surface area contributed by atoms with Crippen molar-refractivity contribution in [1.82, 2.24) is 19.7 Å². The van der Waals surface area contributed by atoms with Crippen LogP contribution in [0.5, 0.6) is 0 Å². The minimum atomic E-state index is 0.189. The van der Waals surface area contributed by atoms with Gasteiger partial charge < -0.3 is 4.90 Å². The highest BCUT2D eigenvalue weighted by molar-refractivity contribution is 7.99. The van der Waals surface area contributed by atoms with Gasteiger partial charge in [0.25, 0.3) is 0 Å². The summed E-state index contributed by atoms with van der Waals surface area (Å²) >= 11 is 1.49. The first-order valence-corrected chi connectivity index (χ1v) is 12.4. The first-order valence-electron chi connectivity index (χ1n) is 11.4. The van der Waals surface area contributed by atoms with E-state index in [1.807, 2.05) is 18.2 Å². The zero-order chi connectivity index (χ0) is 22.7. The lowest BCUT2D eigenvalue weighted by atomic mass is 9.98. The zero-order valence-electron chi connectivity index (χ0n) is 19.4. The van der Waals surface area contributed by atoms with Gasteiger partial charge in [0.1, 0.15) is 5.82 Å². The Bertz CT molecular complexity index is 1070. The first-order chi connectivity index (χ1) is 15.4. The van der Waals surface area contributed by atoms with Crippen molar-refractivity contribution in [3.05, 3.63) is 71.0 Å². The smallest absolute Gasteiger partial charge is 0.233 e. The molecule has 1 saturated heterocycles. The van der Waals surface area contributed by atoms with Crippen molar-refractivity contribution >= 4 is 17.7 Å². The maximum absolute atomic E-state index is 13.1. The molecular weight excluding hydrogens is 416 g/mol. The SMILES string of the molecule is Cc1ccc(-n2c(Cc3ccccc3)nnc2SCC(=O)N2C(C)CCCC2C)cc1C. The van der Waals surface area contributed by atoms with Gasteiger partial charge in [0.15, 0.2) is 5.16 Å². The Labute approximate surface area is 195 Å². The number of carbonyl (C=O) groups excluding carboxylic acids is 1. The zero-order valence-corrected chi connectivity index (χ0v) is 20.2. The van der Waals surface area contributed by atoms with Crippen molar-refractivity contribution in [1.29, 1.82) is 0 Å². The van der Waals surface area contributed by atoms with Gasteiger partial charge in [-0.2, -0.15) is 0 Å². The van der Waals surface area contributed by atoms with Gasteiger partial charge in [-0.1, -0.05) is 48.2 Å². The van der Waals surface area contributed by atoms with Crippen molar-refractivity contribution in [2.45, 2.75) is 70.6 Å². The summed E-state index contributed by atoms with van der Waals surface area (Å²) in [4.78, 5) is 15.2. The van der Waals surface area contributed by atoms with E-state index in [0.717, 1.165) is 29.5 Å².